The molecular weight excluding hydrogens is 222 g/mol. The second-order valence-electron chi connectivity index (χ2n) is 4.33. The Bertz CT molecular complexity index is 386. The molecule has 0 aliphatic carbocycles. The summed E-state index contributed by atoms with van der Waals surface area (Å²) in [6.07, 6.45) is 0. The molecule has 3 N–H and O–H groups in total. The number of benzene rings is 1. The lowest BCUT2D eigenvalue weighted by Gasteiger charge is -2.26. The van der Waals surface area contributed by atoms with E-state index >= 15 is 0 Å². The van der Waals surface area contributed by atoms with Crippen molar-refractivity contribution in [2.75, 3.05) is 13.6 Å². The molecule has 0 aliphatic heterocycles. The van der Waals surface area contributed by atoms with Gasteiger partial charge in [-0.15, -0.1) is 0 Å². The van der Waals surface area contributed by atoms with E-state index in [0.29, 0.717) is 12.5 Å². The van der Waals surface area contributed by atoms with Gasteiger partial charge in [-0.25, -0.2) is 0 Å². The fraction of sp³-hybridized carbons (Fsp3) is 0.417. The monoisotopic (exact) mass is 239 g/mol. The molecule has 0 radical (unpaired) electrons. The van der Waals surface area contributed by atoms with Gasteiger partial charge in [0.1, 0.15) is 0 Å². The smallest absolute Gasteiger partial charge is 0.188 e. The third kappa shape index (κ3) is 3.14. The normalized spacial score (nSPS) is 12.6. The van der Waals surface area contributed by atoms with Gasteiger partial charge in [0.2, 0.25) is 0 Å². The summed E-state index contributed by atoms with van der Waals surface area (Å²) in [6.45, 7) is 4.92. The summed E-state index contributed by atoms with van der Waals surface area (Å²) in [4.78, 5) is 3.86. The standard InChI is InChI=1S/C12H18ClN3/c1-12(2,8-16-11(14)15-3)9-6-4-5-7-10(9)13/h4-7H,8H2,1-3H3,(H3,14,15,16). The fourth-order valence-corrected chi connectivity index (χ4v) is 1.89. The highest BCUT2D eigenvalue weighted by Crippen LogP contribution is 2.28. The van der Waals surface area contributed by atoms with Crippen molar-refractivity contribution in [1.29, 1.82) is 0 Å². The zero-order chi connectivity index (χ0) is 12.2. The summed E-state index contributed by atoms with van der Waals surface area (Å²) < 4.78 is 0. The van der Waals surface area contributed by atoms with Crippen LogP contribution in [0.3, 0.4) is 0 Å². The first-order chi connectivity index (χ1) is 7.47. The quantitative estimate of drug-likeness (QED) is 0.627. The minimum atomic E-state index is -0.0896. The van der Waals surface area contributed by atoms with Crippen LogP contribution in [0.5, 0.6) is 0 Å². The Morgan fingerprint density at radius 2 is 2.06 bits per heavy atom. The number of halogens is 1. The molecule has 0 bridgehead atoms. The van der Waals surface area contributed by atoms with Gasteiger partial charge in [-0.2, -0.15) is 0 Å². The second-order valence-corrected chi connectivity index (χ2v) is 4.73. The maximum atomic E-state index is 6.17. The molecule has 88 valence electrons. The number of hydrogen-bond acceptors (Lipinski definition) is 1. The third-order valence-electron chi connectivity index (χ3n) is 2.56. The van der Waals surface area contributed by atoms with Crippen LogP contribution in [0, 0.1) is 0 Å². The second kappa shape index (κ2) is 5.21. The molecule has 0 heterocycles. The fourth-order valence-electron chi connectivity index (χ4n) is 1.50. The Kier molecular flexibility index (Phi) is 4.19. The van der Waals surface area contributed by atoms with Crippen molar-refractivity contribution < 1.29 is 0 Å². The lowest BCUT2D eigenvalue weighted by molar-refractivity contribution is 0.512. The predicted molar refractivity (Wildman–Crippen MR) is 70.0 cm³/mol. The first-order valence-electron chi connectivity index (χ1n) is 5.18. The molecular formula is C12H18ClN3. The number of guanidine groups is 1. The molecule has 1 rings (SSSR count). The van der Waals surface area contributed by atoms with E-state index in [2.05, 4.69) is 24.2 Å². The predicted octanol–water partition coefficient (Wildman–Crippen LogP) is 2.15. The Balaban J connectivity index is 2.82. The van der Waals surface area contributed by atoms with Crippen LogP contribution in [-0.2, 0) is 5.41 Å². The van der Waals surface area contributed by atoms with Gasteiger partial charge in [0.05, 0.1) is 0 Å². The molecule has 3 nitrogen and oxygen atoms in total. The topological polar surface area (TPSA) is 50.4 Å². The molecule has 4 heteroatoms. The van der Waals surface area contributed by atoms with Crippen molar-refractivity contribution >= 4 is 17.6 Å². The molecule has 0 saturated heterocycles. The summed E-state index contributed by atoms with van der Waals surface area (Å²) in [6, 6.07) is 7.84. The summed E-state index contributed by atoms with van der Waals surface area (Å²) in [5.74, 6) is 0.445. The van der Waals surface area contributed by atoms with Gasteiger partial charge < -0.3 is 11.1 Å². The molecule has 0 saturated carbocycles. The van der Waals surface area contributed by atoms with Crippen LogP contribution in [0.15, 0.2) is 29.3 Å². The van der Waals surface area contributed by atoms with E-state index in [1.165, 1.54) is 0 Å². The van der Waals surface area contributed by atoms with Crippen LogP contribution in [0.2, 0.25) is 5.02 Å². The highest BCUT2D eigenvalue weighted by Gasteiger charge is 2.22. The number of nitrogens with zero attached hydrogens (tertiary/aromatic N) is 1. The average molecular weight is 240 g/mol. The number of rotatable bonds is 3. The van der Waals surface area contributed by atoms with Gasteiger partial charge in [-0.1, -0.05) is 43.6 Å². The van der Waals surface area contributed by atoms with E-state index in [0.717, 1.165) is 10.6 Å². The van der Waals surface area contributed by atoms with Gasteiger partial charge in [-0.3, -0.25) is 4.99 Å². The van der Waals surface area contributed by atoms with Crippen molar-refractivity contribution in [3.63, 3.8) is 0 Å². The Morgan fingerprint density at radius 3 is 2.62 bits per heavy atom. The van der Waals surface area contributed by atoms with Crippen molar-refractivity contribution in [3.05, 3.63) is 34.9 Å². The molecule has 16 heavy (non-hydrogen) atoms. The molecule has 0 unspecified atom stereocenters. The summed E-state index contributed by atoms with van der Waals surface area (Å²) in [7, 11) is 1.66. The SMILES string of the molecule is CN=C(N)NCC(C)(C)c1ccccc1Cl. The van der Waals surface area contributed by atoms with Crippen LogP contribution < -0.4 is 11.1 Å². The minimum Gasteiger partial charge on any atom is -0.370 e. The molecule has 0 fully saturated rings. The van der Waals surface area contributed by atoms with Crippen molar-refractivity contribution in [3.8, 4) is 0 Å². The highest BCUT2D eigenvalue weighted by atomic mass is 35.5. The number of nitrogens with one attached hydrogen (secondary N) is 1. The lowest BCUT2D eigenvalue weighted by atomic mass is 9.84. The van der Waals surface area contributed by atoms with Gasteiger partial charge >= 0.3 is 0 Å². The van der Waals surface area contributed by atoms with E-state index in [-0.39, 0.29) is 5.41 Å². The van der Waals surface area contributed by atoms with Crippen molar-refractivity contribution in [2.45, 2.75) is 19.3 Å². The van der Waals surface area contributed by atoms with Crippen LogP contribution >= 0.6 is 11.6 Å². The highest BCUT2D eigenvalue weighted by molar-refractivity contribution is 6.31. The Labute approximate surface area is 102 Å². The van der Waals surface area contributed by atoms with Crippen LogP contribution in [0.1, 0.15) is 19.4 Å². The van der Waals surface area contributed by atoms with Gasteiger partial charge in [-0.05, 0) is 11.6 Å². The number of hydrogen-bond donors (Lipinski definition) is 2. The summed E-state index contributed by atoms with van der Waals surface area (Å²) in [5.41, 5.74) is 6.62. The average Bonchev–Trinajstić information content (AvgIpc) is 2.26. The van der Waals surface area contributed by atoms with Crippen LogP contribution in [0.25, 0.3) is 0 Å². The van der Waals surface area contributed by atoms with Gasteiger partial charge in [0, 0.05) is 24.0 Å². The van der Waals surface area contributed by atoms with E-state index in [4.69, 9.17) is 17.3 Å². The zero-order valence-electron chi connectivity index (χ0n) is 9.92. The third-order valence-corrected chi connectivity index (χ3v) is 2.88. The minimum absolute atomic E-state index is 0.0896. The first-order valence-corrected chi connectivity index (χ1v) is 5.56. The molecule has 0 aliphatic rings. The summed E-state index contributed by atoms with van der Waals surface area (Å²) >= 11 is 6.17. The van der Waals surface area contributed by atoms with Crippen molar-refractivity contribution in [2.24, 2.45) is 10.7 Å². The van der Waals surface area contributed by atoms with E-state index < -0.39 is 0 Å². The maximum Gasteiger partial charge on any atom is 0.188 e. The molecule has 0 amide bonds. The number of nitrogens with two attached hydrogens (primary N) is 1. The van der Waals surface area contributed by atoms with E-state index in [1.54, 1.807) is 7.05 Å². The Morgan fingerprint density at radius 1 is 1.44 bits per heavy atom. The lowest BCUT2D eigenvalue weighted by Crippen LogP contribution is -2.40. The number of aliphatic imine (C=N–C) groups is 1. The molecule has 1 aromatic rings. The zero-order valence-corrected chi connectivity index (χ0v) is 10.7. The van der Waals surface area contributed by atoms with Crippen LogP contribution in [-0.4, -0.2) is 19.6 Å². The largest absolute Gasteiger partial charge is 0.370 e. The molecule has 0 aromatic heterocycles. The van der Waals surface area contributed by atoms with E-state index in [9.17, 15) is 0 Å². The maximum absolute atomic E-state index is 6.17. The summed E-state index contributed by atoms with van der Waals surface area (Å²) in [5, 5.41) is 3.85. The van der Waals surface area contributed by atoms with Gasteiger partial charge in [0.25, 0.3) is 0 Å². The van der Waals surface area contributed by atoms with Gasteiger partial charge in [0.15, 0.2) is 5.96 Å². The van der Waals surface area contributed by atoms with Crippen molar-refractivity contribution in [1.82, 2.24) is 5.32 Å². The molecule has 1 aromatic carbocycles. The van der Waals surface area contributed by atoms with Crippen LogP contribution in [0.4, 0.5) is 0 Å². The molecule has 0 atom stereocenters. The molecule has 0 spiro atoms. The first kappa shape index (κ1) is 12.8. The Hall–Kier alpha value is -1.22. The van der Waals surface area contributed by atoms with E-state index in [1.807, 2.05) is 24.3 Å².